The summed E-state index contributed by atoms with van der Waals surface area (Å²) in [5.41, 5.74) is 0.728. The van der Waals surface area contributed by atoms with E-state index in [1.807, 2.05) is 30.3 Å². The van der Waals surface area contributed by atoms with E-state index in [-0.39, 0.29) is 5.54 Å². The third kappa shape index (κ3) is 2.27. The number of anilines is 1. The van der Waals surface area contributed by atoms with Crippen molar-refractivity contribution in [2.45, 2.75) is 26.3 Å². The van der Waals surface area contributed by atoms with E-state index >= 15 is 0 Å². The zero-order chi connectivity index (χ0) is 11.8. The number of aromatic hydroxyl groups is 1. The first-order chi connectivity index (χ1) is 7.46. The molecule has 84 valence electrons. The molecule has 0 aromatic heterocycles. The maximum Gasteiger partial charge on any atom is 0.139 e. The van der Waals surface area contributed by atoms with E-state index in [1.54, 1.807) is 6.07 Å². The van der Waals surface area contributed by atoms with Gasteiger partial charge in [-0.3, -0.25) is 0 Å². The summed E-state index contributed by atoms with van der Waals surface area (Å²) in [5, 5.41) is 15.4. The summed E-state index contributed by atoms with van der Waals surface area (Å²) in [6.45, 7) is 6.21. The van der Waals surface area contributed by atoms with Gasteiger partial charge in [-0.25, -0.2) is 0 Å². The van der Waals surface area contributed by atoms with Crippen LogP contribution < -0.4 is 5.32 Å². The van der Waals surface area contributed by atoms with Crippen LogP contribution in [0, 0.1) is 0 Å². The topological polar surface area (TPSA) is 32.3 Å². The summed E-state index contributed by atoms with van der Waals surface area (Å²) in [6, 6.07) is 11.8. The number of fused-ring (bicyclic) bond motifs is 1. The first-order valence-corrected chi connectivity index (χ1v) is 5.46. The SMILES string of the molecule is CC(C)(C)Nc1cc2ccccc2cc1O. The molecule has 2 rings (SSSR count). The van der Waals surface area contributed by atoms with Crippen LogP contribution in [0.4, 0.5) is 5.69 Å². The van der Waals surface area contributed by atoms with Gasteiger partial charge in [0, 0.05) is 5.54 Å². The molecule has 0 saturated heterocycles. The van der Waals surface area contributed by atoms with E-state index in [1.165, 1.54) is 0 Å². The summed E-state index contributed by atoms with van der Waals surface area (Å²) in [7, 11) is 0. The predicted molar refractivity (Wildman–Crippen MR) is 69.0 cm³/mol. The number of phenolic OH excluding ortho intramolecular Hbond substituents is 1. The first-order valence-electron chi connectivity index (χ1n) is 5.46. The Morgan fingerprint density at radius 2 is 1.56 bits per heavy atom. The van der Waals surface area contributed by atoms with Crippen molar-refractivity contribution in [3.63, 3.8) is 0 Å². The fourth-order valence-corrected chi connectivity index (χ4v) is 1.73. The Labute approximate surface area is 95.9 Å². The highest BCUT2D eigenvalue weighted by molar-refractivity contribution is 5.88. The predicted octanol–water partition coefficient (Wildman–Crippen LogP) is 3.76. The minimum atomic E-state index is -0.0556. The van der Waals surface area contributed by atoms with E-state index in [0.29, 0.717) is 5.75 Å². The highest BCUT2D eigenvalue weighted by Gasteiger charge is 2.12. The van der Waals surface area contributed by atoms with Gasteiger partial charge in [0.05, 0.1) is 5.69 Å². The zero-order valence-corrected chi connectivity index (χ0v) is 9.91. The molecule has 0 spiro atoms. The second-order valence-electron chi connectivity index (χ2n) is 5.09. The smallest absolute Gasteiger partial charge is 0.139 e. The molecule has 0 aliphatic carbocycles. The number of benzene rings is 2. The van der Waals surface area contributed by atoms with Gasteiger partial charge in [0.25, 0.3) is 0 Å². The molecule has 0 radical (unpaired) electrons. The van der Waals surface area contributed by atoms with Crippen LogP contribution >= 0.6 is 0 Å². The van der Waals surface area contributed by atoms with Crippen molar-refractivity contribution < 1.29 is 5.11 Å². The van der Waals surface area contributed by atoms with Crippen molar-refractivity contribution >= 4 is 16.5 Å². The van der Waals surface area contributed by atoms with Crippen molar-refractivity contribution in [2.75, 3.05) is 5.32 Å². The van der Waals surface area contributed by atoms with Gasteiger partial charge in [-0.15, -0.1) is 0 Å². The third-order valence-electron chi connectivity index (χ3n) is 2.37. The molecule has 2 N–H and O–H groups in total. The van der Waals surface area contributed by atoms with E-state index in [2.05, 4.69) is 26.1 Å². The van der Waals surface area contributed by atoms with Crippen molar-refractivity contribution in [3.8, 4) is 5.75 Å². The molecule has 0 saturated carbocycles. The average Bonchev–Trinajstić information content (AvgIpc) is 2.17. The summed E-state index contributed by atoms with van der Waals surface area (Å²) in [5.74, 6) is 0.300. The molecule has 2 aromatic carbocycles. The maximum absolute atomic E-state index is 9.91. The second-order valence-corrected chi connectivity index (χ2v) is 5.09. The normalized spacial score (nSPS) is 11.7. The maximum atomic E-state index is 9.91. The Hall–Kier alpha value is -1.70. The van der Waals surface area contributed by atoms with Crippen molar-refractivity contribution in [2.24, 2.45) is 0 Å². The summed E-state index contributed by atoms with van der Waals surface area (Å²) in [6.07, 6.45) is 0. The lowest BCUT2D eigenvalue weighted by Crippen LogP contribution is -2.26. The van der Waals surface area contributed by atoms with Crippen molar-refractivity contribution in [3.05, 3.63) is 36.4 Å². The quantitative estimate of drug-likeness (QED) is 0.710. The largest absolute Gasteiger partial charge is 0.506 e. The van der Waals surface area contributed by atoms with Crippen LogP contribution in [0.25, 0.3) is 10.8 Å². The van der Waals surface area contributed by atoms with Gasteiger partial charge in [0.1, 0.15) is 5.75 Å². The van der Waals surface area contributed by atoms with Gasteiger partial charge in [-0.1, -0.05) is 24.3 Å². The van der Waals surface area contributed by atoms with Crippen molar-refractivity contribution in [1.29, 1.82) is 0 Å². The summed E-state index contributed by atoms with van der Waals surface area (Å²) >= 11 is 0. The molecule has 2 aromatic rings. The van der Waals surface area contributed by atoms with Crippen LogP contribution in [0.1, 0.15) is 20.8 Å². The third-order valence-corrected chi connectivity index (χ3v) is 2.37. The van der Waals surface area contributed by atoms with Gasteiger partial charge in [0.15, 0.2) is 0 Å². The van der Waals surface area contributed by atoms with E-state index in [9.17, 15) is 5.11 Å². The van der Waals surface area contributed by atoms with Gasteiger partial charge in [-0.05, 0) is 43.7 Å². The number of hydrogen-bond donors (Lipinski definition) is 2. The van der Waals surface area contributed by atoms with Gasteiger partial charge in [-0.2, -0.15) is 0 Å². The Bertz CT molecular complexity index is 512. The van der Waals surface area contributed by atoms with E-state index < -0.39 is 0 Å². The van der Waals surface area contributed by atoms with E-state index in [0.717, 1.165) is 16.5 Å². The molecule has 2 nitrogen and oxygen atoms in total. The molecule has 2 heteroatoms. The Morgan fingerprint density at radius 1 is 1.00 bits per heavy atom. The van der Waals surface area contributed by atoms with Crippen LogP contribution in [-0.2, 0) is 0 Å². The number of rotatable bonds is 1. The lowest BCUT2D eigenvalue weighted by molar-refractivity contribution is 0.475. The number of nitrogens with one attached hydrogen (secondary N) is 1. The second kappa shape index (κ2) is 3.71. The van der Waals surface area contributed by atoms with Gasteiger partial charge < -0.3 is 10.4 Å². The average molecular weight is 215 g/mol. The minimum absolute atomic E-state index is 0.0556. The van der Waals surface area contributed by atoms with E-state index in [4.69, 9.17) is 0 Å². The molecule has 16 heavy (non-hydrogen) atoms. The molecular formula is C14H17NO. The highest BCUT2D eigenvalue weighted by Crippen LogP contribution is 2.31. The Morgan fingerprint density at radius 3 is 2.12 bits per heavy atom. The van der Waals surface area contributed by atoms with Crippen LogP contribution in [-0.4, -0.2) is 10.6 Å². The van der Waals surface area contributed by atoms with Crippen LogP contribution in [0.2, 0.25) is 0 Å². The lowest BCUT2D eigenvalue weighted by atomic mass is 10.1. The molecule has 0 amide bonds. The molecule has 0 unspecified atom stereocenters. The number of phenols is 1. The highest BCUT2D eigenvalue weighted by atomic mass is 16.3. The first kappa shape index (κ1) is 10.8. The van der Waals surface area contributed by atoms with Crippen LogP contribution in [0.5, 0.6) is 5.75 Å². The van der Waals surface area contributed by atoms with Gasteiger partial charge in [0.2, 0.25) is 0 Å². The van der Waals surface area contributed by atoms with Crippen LogP contribution in [0.15, 0.2) is 36.4 Å². The number of hydrogen-bond acceptors (Lipinski definition) is 2. The molecule has 0 fully saturated rings. The van der Waals surface area contributed by atoms with Crippen molar-refractivity contribution in [1.82, 2.24) is 0 Å². The molecule has 0 bridgehead atoms. The zero-order valence-electron chi connectivity index (χ0n) is 9.91. The minimum Gasteiger partial charge on any atom is -0.506 e. The molecule has 0 heterocycles. The lowest BCUT2D eigenvalue weighted by Gasteiger charge is -2.23. The summed E-state index contributed by atoms with van der Waals surface area (Å²) in [4.78, 5) is 0. The molecular weight excluding hydrogens is 198 g/mol. The summed E-state index contributed by atoms with van der Waals surface area (Å²) < 4.78 is 0. The van der Waals surface area contributed by atoms with Gasteiger partial charge >= 0.3 is 0 Å². The molecule has 0 atom stereocenters. The Balaban J connectivity index is 2.50. The molecule has 0 aliphatic rings. The standard InChI is InChI=1S/C14H17NO/c1-14(2,3)15-12-8-10-6-4-5-7-11(10)9-13(12)16/h4-9,15-16H,1-3H3. The fourth-order valence-electron chi connectivity index (χ4n) is 1.73. The molecule has 0 aliphatic heterocycles. The Kier molecular flexibility index (Phi) is 2.50. The monoisotopic (exact) mass is 215 g/mol. The van der Waals surface area contributed by atoms with Crippen LogP contribution in [0.3, 0.4) is 0 Å². The fraction of sp³-hybridized carbons (Fsp3) is 0.286.